The van der Waals surface area contributed by atoms with Crippen molar-refractivity contribution in [2.75, 3.05) is 6.54 Å². The largest absolute Gasteiger partial charge is 0.480 e. The van der Waals surface area contributed by atoms with Crippen molar-refractivity contribution in [3.63, 3.8) is 0 Å². The van der Waals surface area contributed by atoms with Gasteiger partial charge >= 0.3 is 11.7 Å². The molecule has 3 aromatic rings. The van der Waals surface area contributed by atoms with E-state index in [1.54, 1.807) is 4.57 Å². The van der Waals surface area contributed by atoms with E-state index in [9.17, 15) is 19.2 Å². The number of aromatic nitrogens is 2. The molecule has 182 valence electrons. The lowest BCUT2D eigenvalue weighted by atomic mass is 10.0. The fraction of sp³-hybridized carbons (Fsp3) is 0.308. The van der Waals surface area contributed by atoms with Crippen LogP contribution in [0.25, 0.3) is 22.4 Å². The molecule has 0 unspecified atom stereocenters. The van der Waals surface area contributed by atoms with Gasteiger partial charge in [-0.25, -0.2) is 4.79 Å². The highest BCUT2D eigenvalue weighted by Crippen LogP contribution is 2.30. The first kappa shape index (κ1) is 24.4. The molecule has 1 aliphatic carbocycles. The smallest absolute Gasteiger partial charge is 0.331 e. The van der Waals surface area contributed by atoms with Crippen molar-refractivity contribution in [1.82, 2.24) is 14.5 Å². The Bertz CT molecular complexity index is 1600. The van der Waals surface area contributed by atoms with Crippen molar-refractivity contribution >= 4 is 45.6 Å². The van der Waals surface area contributed by atoms with Gasteiger partial charge in [-0.3, -0.25) is 23.5 Å². The Labute approximate surface area is 205 Å². The van der Waals surface area contributed by atoms with E-state index in [0.717, 1.165) is 27.0 Å². The van der Waals surface area contributed by atoms with Gasteiger partial charge in [-0.2, -0.15) is 0 Å². The number of hydrogen-bond donors (Lipinski definition) is 2. The number of nitrogens with zero attached hydrogens (tertiary/aromatic N) is 2. The number of allylic oxidation sites excluding steroid dienone is 2. The van der Waals surface area contributed by atoms with Crippen molar-refractivity contribution in [3.8, 4) is 0 Å². The number of carbonyl (C=O) groups excluding carboxylic acids is 1. The third kappa shape index (κ3) is 4.77. The number of carboxylic acids is 1. The van der Waals surface area contributed by atoms with E-state index in [2.05, 4.69) is 17.5 Å². The molecule has 1 amide bonds. The van der Waals surface area contributed by atoms with Crippen LogP contribution >= 0.6 is 11.3 Å². The van der Waals surface area contributed by atoms with E-state index in [1.165, 1.54) is 18.4 Å². The van der Waals surface area contributed by atoms with Crippen LogP contribution in [-0.2, 0) is 24.8 Å². The van der Waals surface area contributed by atoms with Gasteiger partial charge in [-0.15, -0.1) is 11.3 Å². The van der Waals surface area contributed by atoms with Gasteiger partial charge in [0.2, 0.25) is 0 Å². The molecule has 35 heavy (non-hydrogen) atoms. The Morgan fingerprint density at radius 1 is 1.23 bits per heavy atom. The van der Waals surface area contributed by atoms with Crippen LogP contribution in [0.3, 0.4) is 0 Å². The molecule has 2 heterocycles. The Morgan fingerprint density at radius 2 is 2.00 bits per heavy atom. The SMILES string of the molecule is CC(C)Cn1c(=O)n(C)c(=O)c2c(C(=O)NCC(=O)O)c(Cc3cccc4c3=CCC=CC=4)sc21. The maximum absolute atomic E-state index is 13.2. The van der Waals surface area contributed by atoms with Gasteiger partial charge in [0, 0.05) is 24.9 Å². The average molecular weight is 494 g/mol. The number of benzene rings is 1. The second-order valence-electron chi connectivity index (χ2n) is 8.94. The van der Waals surface area contributed by atoms with Crippen LogP contribution in [-0.4, -0.2) is 32.7 Å². The van der Waals surface area contributed by atoms with Crippen molar-refractivity contribution in [1.29, 1.82) is 0 Å². The molecule has 1 aliphatic rings. The number of fused-ring (bicyclic) bond motifs is 2. The molecule has 0 saturated heterocycles. The zero-order chi connectivity index (χ0) is 25.3. The van der Waals surface area contributed by atoms with E-state index < -0.39 is 29.7 Å². The van der Waals surface area contributed by atoms with Gasteiger partial charge in [0.1, 0.15) is 11.4 Å². The second kappa shape index (κ2) is 9.87. The zero-order valence-corrected chi connectivity index (χ0v) is 20.6. The first-order valence-corrected chi connectivity index (χ1v) is 12.2. The third-order valence-electron chi connectivity index (χ3n) is 5.87. The van der Waals surface area contributed by atoms with Crippen LogP contribution in [0.15, 0.2) is 39.9 Å². The first-order valence-electron chi connectivity index (χ1n) is 11.4. The maximum atomic E-state index is 13.2. The number of carbonyl (C=O) groups is 2. The number of hydrogen-bond acceptors (Lipinski definition) is 5. The summed E-state index contributed by atoms with van der Waals surface area (Å²) in [7, 11) is 1.39. The monoisotopic (exact) mass is 493 g/mol. The van der Waals surface area contributed by atoms with Crippen LogP contribution in [0.5, 0.6) is 0 Å². The molecule has 8 nitrogen and oxygen atoms in total. The van der Waals surface area contributed by atoms with E-state index in [1.807, 2.05) is 44.2 Å². The summed E-state index contributed by atoms with van der Waals surface area (Å²) in [5.41, 5.74) is 0.113. The molecule has 2 N–H and O–H groups in total. The fourth-order valence-corrected chi connectivity index (χ4v) is 5.61. The predicted molar refractivity (Wildman–Crippen MR) is 137 cm³/mol. The summed E-state index contributed by atoms with van der Waals surface area (Å²) in [5.74, 6) is -1.69. The van der Waals surface area contributed by atoms with Crippen LogP contribution < -0.4 is 27.0 Å². The maximum Gasteiger partial charge on any atom is 0.331 e. The lowest BCUT2D eigenvalue weighted by molar-refractivity contribution is -0.135. The summed E-state index contributed by atoms with van der Waals surface area (Å²) in [5, 5.41) is 13.7. The quantitative estimate of drug-likeness (QED) is 0.516. The minimum Gasteiger partial charge on any atom is -0.480 e. The van der Waals surface area contributed by atoms with Crippen LogP contribution in [0.1, 0.15) is 41.1 Å². The van der Waals surface area contributed by atoms with E-state index in [4.69, 9.17) is 5.11 Å². The highest BCUT2D eigenvalue weighted by atomic mass is 32.1. The molecule has 1 aromatic carbocycles. The normalized spacial score (nSPS) is 12.7. The molecule has 0 radical (unpaired) electrons. The van der Waals surface area contributed by atoms with Gasteiger partial charge in [-0.1, -0.05) is 56.4 Å². The Hall–Kier alpha value is -3.72. The first-order chi connectivity index (χ1) is 16.7. The van der Waals surface area contributed by atoms with Crippen LogP contribution in [0.2, 0.25) is 0 Å². The van der Waals surface area contributed by atoms with Crippen molar-refractivity contribution in [2.24, 2.45) is 13.0 Å². The van der Waals surface area contributed by atoms with Crippen molar-refractivity contribution in [3.05, 3.63) is 77.6 Å². The molecule has 0 spiro atoms. The summed E-state index contributed by atoms with van der Waals surface area (Å²) < 4.78 is 2.55. The van der Waals surface area contributed by atoms with Gasteiger partial charge in [0.05, 0.1) is 10.9 Å². The minimum atomic E-state index is -1.19. The highest BCUT2D eigenvalue weighted by molar-refractivity contribution is 7.19. The number of nitrogens with one attached hydrogen (secondary N) is 1. The lowest BCUT2D eigenvalue weighted by Crippen LogP contribution is -2.39. The summed E-state index contributed by atoms with van der Waals surface area (Å²) >= 11 is 1.24. The van der Waals surface area contributed by atoms with Gasteiger partial charge in [-0.05, 0) is 28.3 Å². The number of amides is 1. The fourth-order valence-electron chi connectivity index (χ4n) is 4.30. The summed E-state index contributed by atoms with van der Waals surface area (Å²) in [6.07, 6.45) is 9.35. The molecule has 2 aromatic heterocycles. The standard InChI is InChI=1S/C26H27N3O5S/c1-15(2)14-29-25-22(24(33)28(3)26(29)34)21(23(32)27-13-20(30)31)19(35-25)12-17-10-7-9-16-8-5-4-6-11-18(16)17/h4-5,7-11,15H,6,12-14H2,1-3H3,(H,27,32)(H,30,31). The molecule has 9 heteroatoms. The third-order valence-corrected chi connectivity index (χ3v) is 7.08. The number of thiophene rings is 1. The molecular formula is C26H27N3O5S. The molecule has 0 bridgehead atoms. The molecular weight excluding hydrogens is 466 g/mol. The Kier molecular flexibility index (Phi) is 6.88. The zero-order valence-electron chi connectivity index (χ0n) is 19.8. The van der Waals surface area contributed by atoms with Crippen molar-refractivity contribution in [2.45, 2.75) is 33.2 Å². The molecule has 0 aliphatic heterocycles. The number of rotatable bonds is 7. The van der Waals surface area contributed by atoms with E-state index in [0.29, 0.717) is 22.7 Å². The van der Waals surface area contributed by atoms with Crippen LogP contribution in [0, 0.1) is 5.92 Å². The molecule has 0 saturated carbocycles. The van der Waals surface area contributed by atoms with E-state index in [-0.39, 0.29) is 16.9 Å². The number of carboxylic acid groups (broad SMARTS) is 1. The Balaban J connectivity index is 2.00. The van der Waals surface area contributed by atoms with Gasteiger partial charge in [0.25, 0.3) is 11.5 Å². The summed E-state index contributed by atoms with van der Waals surface area (Å²) in [4.78, 5) is 51.6. The minimum absolute atomic E-state index is 0.130. The molecule has 0 atom stereocenters. The number of aliphatic carboxylic acids is 1. The highest BCUT2D eigenvalue weighted by Gasteiger charge is 2.26. The van der Waals surface area contributed by atoms with Crippen molar-refractivity contribution < 1.29 is 14.7 Å². The topological polar surface area (TPSA) is 110 Å². The van der Waals surface area contributed by atoms with Gasteiger partial charge < -0.3 is 10.4 Å². The van der Waals surface area contributed by atoms with Gasteiger partial charge in [0.15, 0.2) is 0 Å². The summed E-state index contributed by atoms with van der Waals surface area (Å²) in [6.45, 7) is 3.75. The second-order valence-corrected chi connectivity index (χ2v) is 10.0. The predicted octanol–water partition coefficient (Wildman–Crippen LogP) is 1.34. The average Bonchev–Trinajstić information content (AvgIpc) is 3.00. The molecule has 0 fully saturated rings. The molecule has 4 rings (SSSR count). The Morgan fingerprint density at radius 3 is 2.71 bits per heavy atom. The lowest BCUT2D eigenvalue weighted by Gasteiger charge is -2.12. The van der Waals surface area contributed by atoms with Crippen LogP contribution in [0.4, 0.5) is 0 Å². The van der Waals surface area contributed by atoms with E-state index >= 15 is 0 Å². The summed E-state index contributed by atoms with van der Waals surface area (Å²) in [6, 6.07) is 5.95.